The van der Waals surface area contributed by atoms with Crippen molar-refractivity contribution >= 4 is 51.1 Å². The van der Waals surface area contributed by atoms with Gasteiger partial charge in [-0.3, -0.25) is 14.3 Å². The molecule has 1 amide bonds. The summed E-state index contributed by atoms with van der Waals surface area (Å²) in [6, 6.07) is 18.6. The van der Waals surface area contributed by atoms with Crippen molar-refractivity contribution in [1.82, 2.24) is 14.8 Å². The van der Waals surface area contributed by atoms with Gasteiger partial charge in [0.2, 0.25) is 0 Å². The zero-order valence-electron chi connectivity index (χ0n) is 15.7. The Morgan fingerprint density at radius 2 is 1.80 bits per heavy atom. The second-order valence-electron chi connectivity index (χ2n) is 6.71. The molecule has 7 nitrogen and oxygen atoms in total. The summed E-state index contributed by atoms with van der Waals surface area (Å²) >= 11 is 2.09. The minimum Gasteiger partial charge on any atom is -0.481 e. The van der Waals surface area contributed by atoms with Crippen molar-refractivity contribution in [1.29, 1.82) is 0 Å². The van der Waals surface area contributed by atoms with Crippen molar-refractivity contribution in [2.24, 2.45) is 0 Å². The molecule has 0 radical (unpaired) electrons. The number of carbonyl (C=O) groups excluding carboxylic acids is 1. The molecule has 0 aliphatic carbocycles. The first-order chi connectivity index (χ1) is 14.5. The van der Waals surface area contributed by atoms with Gasteiger partial charge in [0.1, 0.15) is 3.70 Å². The summed E-state index contributed by atoms with van der Waals surface area (Å²) in [6.07, 6.45) is 1.43. The molecule has 2 heterocycles. The summed E-state index contributed by atoms with van der Waals surface area (Å²) in [7, 11) is 0. The third-order valence-corrected chi connectivity index (χ3v) is 5.22. The zero-order valence-corrected chi connectivity index (χ0v) is 17.9. The SMILES string of the molecule is O=C(O)Cc1nn(Cc2ccc(NC(=O)c3ccc(I)nc3)cc2)c2ccccc12. The number of anilines is 1. The Labute approximate surface area is 185 Å². The summed E-state index contributed by atoms with van der Waals surface area (Å²) in [5.74, 6) is -1.13. The van der Waals surface area contributed by atoms with Crippen LogP contribution in [0.5, 0.6) is 0 Å². The Bertz CT molecular complexity index is 1220. The molecule has 0 spiro atoms. The lowest BCUT2D eigenvalue weighted by atomic mass is 10.1. The number of hydrogen-bond donors (Lipinski definition) is 2. The van der Waals surface area contributed by atoms with E-state index in [4.69, 9.17) is 5.11 Å². The van der Waals surface area contributed by atoms with Crippen LogP contribution in [0.1, 0.15) is 21.6 Å². The second-order valence-corrected chi connectivity index (χ2v) is 7.82. The maximum absolute atomic E-state index is 12.3. The molecule has 0 unspecified atom stereocenters. The average molecular weight is 512 g/mol. The summed E-state index contributed by atoms with van der Waals surface area (Å²) in [5.41, 5.74) is 3.59. The molecule has 150 valence electrons. The van der Waals surface area contributed by atoms with Crippen molar-refractivity contribution in [3.63, 3.8) is 0 Å². The number of nitrogens with one attached hydrogen (secondary N) is 1. The van der Waals surface area contributed by atoms with E-state index < -0.39 is 5.97 Å². The molecule has 0 saturated carbocycles. The van der Waals surface area contributed by atoms with Crippen LogP contribution in [-0.2, 0) is 17.8 Å². The van der Waals surface area contributed by atoms with Crippen LogP contribution in [0.2, 0.25) is 0 Å². The molecule has 0 atom stereocenters. The van der Waals surface area contributed by atoms with Crippen LogP contribution in [0, 0.1) is 3.70 Å². The number of fused-ring (bicyclic) bond motifs is 1. The largest absolute Gasteiger partial charge is 0.481 e. The van der Waals surface area contributed by atoms with E-state index >= 15 is 0 Å². The van der Waals surface area contributed by atoms with Crippen molar-refractivity contribution in [3.8, 4) is 0 Å². The number of carboxylic acids is 1. The number of nitrogens with zero attached hydrogens (tertiary/aromatic N) is 3. The summed E-state index contributed by atoms with van der Waals surface area (Å²) in [6.45, 7) is 0.495. The van der Waals surface area contributed by atoms with Crippen LogP contribution in [0.25, 0.3) is 10.9 Å². The highest BCUT2D eigenvalue weighted by Gasteiger charge is 2.13. The Balaban J connectivity index is 1.50. The number of halogens is 1. The topological polar surface area (TPSA) is 97.1 Å². The Kier molecular flexibility index (Phi) is 5.75. The van der Waals surface area contributed by atoms with Crippen LogP contribution >= 0.6 is 22.6 Å². The first-order valence-electron chi connectivity index (χ1n) is 9.17. The smallest absolute Gasteiger partial charge is 0.309 e. The fourth-order valence-corrected chi connectivity index (χ4v) is 3.49. The standard InChI is InChI=1S/C22H17IN4O3/c23-20-10-7-15(12-24-20)22(30)25-16-8-5-14(6-9-16)13-27-19-4-2-1-3-17(19)18(26-27)11-21(28)29/h1-10,12H,11,13H2,(H,25,30)(H,28,29). The van der Waals surface area contributed by atoms with Gasteiger partial charge in [0.05, 0.1) is 29.7 Å². The van der Waals surface area contributed by atoms with Gasteiger partial charge >= 0.3 is 5.97 Å². The molecular formula is C22H17IN4O3. The van der Waals surface area contributed by atoms with Crippen molar-refractivity contribution in [2.75, 3.05) is 5.32 Å². The van der Waals surface area contributed by atoms with E-state index in [0.29, 0.717) is 23.5 Å². The van der Waals surface area contributed by atoms with Crippen LogP contribution in [0.15, 0.2) is 66.9 Å². The van der Waals surface area contributed by atoms with E-state index in [-0.39, 0.29) is 12.3 Å². The first kappa shape index (κ1) is 20.0. The molecule has 2 N–H and O–H groups in total. The molecule has 4 rings (SSSR count). The molecular weight excluding hydrogens is 495 g/mol. The fraction of sp³-hybridized carbons (Fsp3) is 0.0909. The van der Waals surface area contributed by atoms with Gasteiger partial charge < -0.3 is 10.4 Å². The Morgan fingerprint density at radius 3 is 2.50 bits per heavy atom. The minimum absolute atomic E-state index is 0.119. The van der Waals surface area contributed by atoms with E-state index in [1.54, 1.807) is 23.0 Å². The van der Waals surface area contributed by atoms with E-state index in [1.807, 2.05) is 48.5 Å². The monoisotopic (exact) mass is 512 g/mol. The predicted octanol–water partition coefficient (Wildman–Crippen LogP) is 3.96. The van der Waals surface area contributed by atoms with Gasteiger partial charge in [-0.1, -0.05) is 30.3 Å². The molecule has 0 saturated heterocycles. The molecule has 8 heteroatoms. The number of benzene rings is 2. The lowest BCUT2D eigenvalue weighted by Gasteiger charge is -2.08. The van der Waals surface area contributed by atoms with E-state index in [9.17, 15) is 9.59 Å². The number of aromatic nitrogens is 3. The maximum Gasteiger partial charge on any atom is 0.309 e. The van der Waals surface area contributed by atoms with Gasteiger partial charge in [-0.25, -0.2) is 4.98 Å². The van der Waals surface area contributed by atoms with E-state index in [0.717, 1.165) is 20.2 Å². The van der Waals surface area contributed by atoms with Crippen LogP contribution in [0.4, 0.5) is 5.69 Å². The minimum atomic E-state index is -0.908. The molecule has 4 aromatic rings. The van der Waals surface area contributed by atoms with Gasteiger partial charge in [-0.05, 0) is 58.5 Å². The highest BCUT2D eigenvalue weighted by molar-refractivity contribution is 14.1. The van der Waals surface area contributed by atoms with Gasteiger partial charge in [-0.2, -0.15) is 5.10 Å². The number of pyridine rings is 1. The van der Waals surface area contributed by atoms with E-state index in [1.165, 1.54) is 0 Å². The lowest BCUT2D eigenvalue weighted by Crippen LogP contribution is -2.12. The normalized spacial score (nSPS) is 10.8. The quantitative estimate of drug-likeness (QED) is 0.301. The summed E-state index contributed by atoms with van der Waals surface area (Å²) < 4.78 is 2.63. The molecule has 30 heavy (non-hydrogen) atoms. The molecule has 0 aliphatic rings. The fourth-order valence-electron chi connectivity index (χ4n) is 3.17. The zero-order chi connectivity index (χ0) is 21.1. The summed E-state index contributed by atoms with van der Waals surface area (Å²) in [5, 5.41) is 17.3. The molecule has 2 aromatic carbocycles. The van der Waals surface area contributed by atoms with Crippen LogP contribution in [-0.4, -0.2) is 31.7 Å². The molecule has 0 aliphatic heterocycles. The third-order valence-electron chi connectivity index (χ3n) is 4.59. The van der Waals surface area contributed by atoms with Crippen LogP contribution in [0.3, 0.4) is 0 Å². The number of carbonyl (C=O) groups is 2. The maximum atomic E-state index is 12.3. The first-order valence-corrected chi connectivity index (χ1v) is 10.3. The van der Waals surface area contributed by atoms with Gasteiger partial charge in [0.25, 0.3) is 5.91 Å². The van der Waals surface area contributed by atoms with Crippen LogP contribution < -0.4 is 5.32 Å². The predicted molar refractivity (Wildman–Crippen MR) is 122 cm³/mol. The Hall–Kier alpha value is -3.27. The highest BCUT2D eigenvalue weighted by Crippen LogP contribution is 2.21. The number of carboxylic acid groups (broad SMARTS) is 1. The third kappa shape index (κ3) is 4.48. The van der Waals surface area contributed by atoms with Crippen molar-refractivity contribution in [2.45, 2.75) is 13.0 Å². The number of hydrogen-bond acceptors (Lipinski definition) is 4. The van der Waals surface area contributed by atoms with Crippen molar-refractivity contribution < 1.29 is 14.7 Å². The molecule has 2 aromatic heterocycles. The second kappa shape index (κ2) is 8.62. The number of rotatable bonds is 6. The van der Waals surface area contributed by atoms with Gasteiger partial charge in [-0.15, -0.1) is 0 Å². The van der Waals surface area contributed by atoms with Gasteiger partial charge in [0.15, 0.2) is 0 Å². The summed E-state index contributed by atoms with van der Waals surface area (Å²) in [4.78, 5) is 27.6. The number of aliphatic carboxylic acids is 1. The van der Waals surface area contributed by atoms with E-state index in [2.05, 4.69) is 38.0 Å². The Morgan fingerprint density at radius 1 is 1.03 bits per heavy atom. The lowest BCUT2D eigenvalue weighted by molar-refractivity contribution is -0.136. The number of para-hydroxylation sites is 1. The number of amides is 1. The molecule has 0 bridgehead atoms. The average Bonchev–Trinajstić information content (AvgIpc) is 3.07. The van der Waals surface area contributed by atoms with Gasteiger partial charge in [0, 0.05) is 17.3 Å². The molecule has 0 fully saturated rings. The van der Waals surface area contributed by atoms with Crippen molar-refractivity contribution in [3.05, 3.63) is 87.4 Å². The highest BCUT2D eigenvalue weighted by atomic mass is 127.